The number of aromatic nitrogens is 1. The Labute approximate surface area is 110 Å². The number of hydrogen-bond acceptors (Lipinski definition) is 3. The van der Waals surface area contributed by atoms with Crippen molar-refractivity contribution in [1.82, 2.24) is 15.2 Å². The second-order valence-electron chi connectivity index (χ2n) is 5.62. The van der Waals surface area contributed by atoms with E-state index in [-0.39, 0.29) is 0 Å². The molecule has 1 aliphatic carbocycles. The van der Waals surface area contributed by atoms with Crippen LogP contribution in [0.5, 0.6) is 0 Å². The molecule has 1 saturated heterocycles. The summed E-state index contributed by atoms with van der Waals surface area (Å²) in [5.74, 6) is 0.959. The molecule has 18 heavy (non-hydrogen) atoms. The van der Waals surface area contributed by atoms with Crippen LogP contribution in [0.4, 0.5) is 0 Å². The van der Waals surface area contributed by atoms with E-state index in [0.717, 1.165) is 24.9 Å². The van der Waals surface area contributed by atoms with Crippen LogP contribution in [-0.2, 0) is 6.42 Å². The molecule has 3 rings (SSSR count). The minimum atomic E-state index is 0.747. The normalized spacial score (nSPS) is 25.9. The largest absolute Gasteiger partial charge is 0.312 e. The Kier molecular flexibility index (Phi) is 3.91. The van der Waals surface area contributed by atoms with Crippen LogP contribution < -0.4 is 5.32 Å². The summed E-state index contributed by atoms with van der Waals surface area (Å²) in [6.07, 6.45) is 7.13. The lowest BCUT2D eigenvalue weighted by molar-refractivity contribution is 0.261. The zero-order valence-corrected chi connectivity index (χ0v) is 11.0. The topological polar surface area (TPSA) is 28.2 Å². The van der Waals surface area contributed by atoms with E-state index in [0.29, 0.717) is 0 Å². The molecule has 1 atom stereocenters. The van der Waals surface area contributed by atoms with Gasteiger partial charge in [0.1, 0.15) is 0 Å². The molecular weight excluding hydrogens is 222 g/mol. The molecule has 1 unspecified atom stereocenters. The molecule has 1 N–H and O–H groups in total. The summed E-state index contributed by atoms with van der Waals surface area (Å²) in [6, 6.07) is 6.95. The first-order chi connectivity index (χ1) is 8.92. The molecule has 2 fully saturated rings. The molecule has 3 heteroatoms. The highest BCUT2D eigenvalue weighted by molar-refractivity contribution is 5.04. The zero-order valence-electron chi connectivity index (χ0n) is 11.0. The Bertz CT molecular complexity index is 361. The summed E-state index contributed by atoms with van der Waals surface area (Å²) in [5, 5.41) is 3.71. The first-order valence-corrected chi connectivity index (χ1v) is 7.27. The smallest absolute Gasteiger partial charge is 0.0416 e. The van der Waals surface area contributed by atoms with Crippen LogP contribution in [0.25, 0.3) is 0 Å². The van der Waals surface area contributed by atoms with E-state index >= 15 is 0 Å². The van der Waals surface area contributed by atoms with Gasteiger partial charge in [-0.2, -0.15) is 0 Å². The summed E-state index contributed by atoms with van der Waals surface area (Å²) < 4.78 is 0. The maximum Gasteiger partial charge on any atom is 0.0416 e. The molecule has 1 aromatic heterocycles. The molecular formula is C15H23N3. The fraction of sp³-hybridized carbons (Fsp3) is 0.667. The standard InChI is InChI=1S/C15H23N3/c1-2-8-16-14(4-1)7-11-18-10-3-9-17-15(12-18)13-5-6-13/h1-2,4,8,13,15,17H,3,5-7,9-12H2. The van der Waals surface area contributed by atoms with Gasteiger partial charge in [-0.1, -0.05) is 6.07 Å². The van der Waals surface area contributed by atoms with Crippen molar-refractivity contribution in [1.29, 1.82) is 0 Å². The van der Waals surface area contributed by atoms with Gasteiger partial charge in [0, 0.05) is 37.4 Å². The quantitative estimate of drug-likeness (QED) is 0.875. The van der Waals surface area contributed by atoms with E-state index in [1.165, 1.54) is 44.6 Å². The van der Waals surface area contributed by atoms with Gasteiger partial charge in [-0.15, -0.1) is 0 Å². The minimum absolute atomic E-state index is 0.747. The molecule has 3 nitrogen and oxygen atoms in total. The number of nitrogens with one attached hydrogen (secondary N) is 1. The first kappa shape index (κ1) is 12.1. The van der Waals surface area contributed by atoms with Gasteiger partial charge in [0.05, 0.1) is 0 Å². The minimum Gasteiger partial charge on any atom is -0.312 e. The SMILES string of the molecule is c1ccc(CCN2CCCNC(C3CC3)C2)nc1. The molecule has 1 aromatic rings. The summed E-state index contributed by atoms with van der Waals surface area (Å²) in [6.45, 7) is 4.82. The molecule has 2 heterocycles. The van der Waals surface area contributed by atoms with Crippen molar-refractivity contribution < 1.29 is 0 Å². The number of nitrogens with zero attached hydrogens (tertiary/aromatic N) is 2. The Hall–Kier alpha value is -0.930. The average molecular weight is 245 g/mol. The highest BCUT2D eigenvalue weighted by Crippen LogP contribution is 2.33. The van der Waals surface area contributed by atoms with E-state index in [4.69, 9.17) is 0 Å². The predicted molar refractivity (Wildman–Crippen MR) is 73.5 cm³/mol. The highest BCUT2D eigenvalue weighted by Gasteiger charge is 2.32. The Morgan fingerprint density at radius 2 is 2.28 bits per heavy atom. The lowest BCUT2D eigenvalue weighted by Gasteiger charge is -2.24. The van der Waals surface area contributed by atoms with Crippen LogP contribution in [0.3, 0.4) is 0 Å². The number of hydrogen-bond donors (Lipinski definition) is 1. The zero-order chi connectivity index (χ0) is 12.2. The second kappa shape index (κ2) is 5.81. The van der Waals surface area contributed by atoms with Gasteiger partial charge in [-0.3, -0.25) is 4.98 Å². The van der Waals surface area contributed by atoms with Gasteiger partial charge < -0.3 is 10.2 Å². The number of pyridine rings is 1. The van der Waals surface area contributed by atoms with Gasteiger partial charge in [0.25, 0.3) is 0 Å². The van der Waals surface area contributed by atoms with Gasteiger partial charge in [0.2, 0.25) is 0 Å². The fourth-order valence-corrected chi connectivity index (χ4v) is 2.86. The van der Waals surface area contributed by atoms with Crippen LogP contribution in [0.15, 0.2) is 24.4 Å². The van der Waals surface area contributed by atoms with E-state index in [2.05, 4.69) is 27.3 Å². The van der Waals surface area contributed by atoms with Crippen molar-refractivity contribution in [2.24, 2.45) is 5.92 Å². The third-order valence-corrected chi connectivity index (χ3v) is 4.11. The van der Waals surface area contributed by atoms with Gasteiger partial charge in [-0.25, -0.2) is 0 Å². The van der Waals surface area contributed by atoms with E-state index < -0.39 is 0 Å². The fourth-order valence-electron chi connectivity index (χ4n) is 2.86. The number of rotatable bonds is 4. The highest BCUT2D eigenvalue weighted by atomic mass is 15.2. The van der Waals surface area contributed by atoms with Crippen LogP contribution >= 0.6 is 0 Å². The molecule has 1 saturated carbocycles. The van der Waals surface area contributed by atoms with Gasteiger partial charge in [-0.05, 0) is 50.4 Å². The lowest BCUT2D eigenvalue weighted by atomic mass is 10.1. The summed E-state index contributed by atoms with van der Waals surface area (Å²) >= 11 is 0. The second-order valence-corrected chi connectivity index (χ2v) is 5.62. The van der Waals surface area contributed by atoms with Gasteiger partial charge in [0.15, 0.2) is 0 Å². The summed E-state index contributed by atoms with van der Waals surface area (Å²) in [4.78, 5) is 7.03. The van der Waals surface area contributed by atoms with Crippen molar-refractivity contribution in [3.05, 3.63) is 30.1 Å². The molecule has 0 amide bonds. The molecule has 0 spiro atoms. The van der Waals surface area contributed by atoms with Crippen molar-refractivity contribution in [3.8, 4) is 0 Å². The first-order valence-electron chi connectivity index (χ1n) is 7.27. The van der Waals surface area contributed by atoms with E-state index in [1.807, 2.05) is 12.3 Å². The molecule has 98 valence electrons. The molecule has 1 aliphatic heterocycles. The van der Waals surface area contributed by atoms with E-state index in [1.54, 1.807) is 0 Å². The van der Waals surface area contributed by atoms with E-state index in [9.17, 15) is 0 Å². The summed E-state index contributed by atoms with van der Waals surface area (Å²) in [7, 11) is 0. The van der Waals surface area contributed by atoms with Crippen LogP contribution in [0.1, 0.15) is 25.0 Å². The Morgan fingerprint density at radius 1 is 1.33 bits per heavy atom. The third-order valence-electron chi connectivity index (χ3n) is 4.11. The third kappa shape index (κ3) is 3.30. The Morgan fingerprint density at radius 3 is 3.06 bits per heavy atom. The molecule has 0 aromatic carbocycles. The van der Waals surface area contributed by atoms with Crippen LogP contribution in [0, 0.1) is 5.92 Å². The van der Waals surface area contributed by atoms with Crippen LogP contribution in [-0.4, -0.2) is 42.1 Å². The maximum absolute atomic E-state index is 4.41. The van der Waals surface area contributed by atoms with Crippen molar-refractivity contribution >= 4 is 0 Å². The van der Waals surface area contributed by atoms with Crippen molar-refractivity contribution in [2.75, 3.05) is 26.2 Å². The maximum atomic E-state index is 4.41. The molecule has 0 bridgehead atoms. The molecule has 2 aliphatic rings. The Balaban J connectivity index is 1.51. The van der Waals surface area contributed by atoms with Crippen molar-refractivity contribution in [2.45, 2.75) is 31.7 Å². The summed E-state index contributed by atoms with van der Waals surface area (Å²) in [5.41, 5.74) is 1.22. The predicted octanol–water partition coefficient (Wildman–Crippen LogP) is 1.70. The average Bonchev–Trinajstić information content (AvgIpc) is 3.24. The van der Waals surface area contributed by atoms with Gasteiger partial charge >= 0.3 is 0 Å². The van der Waals surface area contributed by atoms with Crippen LogP contribution in [0.2, 0.25) is 0 Å². The monoisotopic (exact) mass is 245 g/mol. The van der Waals surface area contributed by atoms with Crippen molar-refractivity contribution in [3.63, 3.8) is 0 Å². The molecule has 0 radical (unpaired) electrons. The lowest BCUT2D eigenvalue weighted by Crippen LogP contribution is -2.39.